The number of carbonyl (C=O) groups excluding carboxylic acids is 1. The highest BCUT2D eigenvalue weighted by Crippen LogP contribution is 2.23. The Morgan fingerprint density at radius 3 is 2.85 bits per heavy atom. The zero-order chi connectivity index (χ0) is 18.5. The summed E-state index contributed by atoms with van der Waals surface area (Å²) in [6.07, 6.45) is 1.60. The number of halogens is 1. The number of aryl methyl sites for hydroxylation is 2. The van der Waals surface area contributed by atoms with Crippen LogP contribution >= 0.6 is 23.4 Å². The first-order valence-electron chi connectivity index (χ1n) is 8.03. The number of benzene rings is 2. The molecule has 0 aliphatic carbocycles. The highest BCUT2D eigenvalue weighted by atomic mass is 35.5. The van der Waals surface area contributed by atoms with Gasteiger partial charge in [-0.15, -0.1) is 10.2 Å². The molecule has 0 spiro atoms. The molecule has 26 heavy (non-hydrogen) atoms. The molecule has 0 fully saturated rings. The maximum absolute atomic E-state index is 12.0. The molecule has 0 bridgehead atoms. The Kier molecular flexibility index (Phi) is 5.96. The monoisotopic (exact) mass is 387 g/mol. The van der Waals surface area contributed by atoms with Gasteiger partial charge in [0.2, 0.25) is 0 Å². The van der Waals surface area contributed by atoms with Crippen molar-refractivity contribution in [1.82, 2.24) is 14.8 Å². The van der Waals surface area contributed by atoms with Crippen LogP contribution in [0, 0.1) is 13.8 Å². The molecule has 0 aliphatic rings. The third kappa shape index (κ3) is 4.65. The molecule has 0 amide bonds. The minimum atomic E-state index is -0.298. The summed E-state index contributed by atoms with van der Waals surface area (Å²) in [5, 5.41) is 9.28. The fraction of sp³-hybridized carbons (Fsp3) is 0.211. The summed E-state index contributed by atoms with van der Waals surface area (Å²) in [7, 11) is 0. The first-order chi connectivity index (χ1) is 12.5. The number of rotatable bonds is 6. The van der Waals surface area contributed by atoms with Gasteiger partial charge in [-0.05, 0) is 37.1 Å². The number of nitrogens with zero attached hydrogens (tertiary/aromatic N) is 3. The van der Waals surface area contributed by atoms with E-state index in [9.17, 15) is 4.79 Å². The van der Waals surface area contributed by atoms with Crippen LogP contribution < -0.4 is 0 Å². The Morgan fingerprint density at radius 2 is 2.08 bits per heavy atom. The summed E-state index contributed by atoms with van der Waals surface area (Å²) in [5.74, 6) is -0.141. The number of ether oxygens (including phenoxy) is 1. The van der Waals surface area contributed by atoms with Crippen LogP contribution in [-0.4, -0.2) is 26.5 Å². The zero-order valence-corrected chi connectivity index (χ0v) is 16.0. The van der Waals surface area contributed by atoms with E-state index in [4.69, 9.17) is 16.3 Å². The van der Waals surface area contributed by atoms with E-state index in [1.807, 2.05) is 56.3 Å². The van der Waals surface area contributed by atoms with Crippen LogP contribution in [-0.2, 0) is 16.1 Å². The second kappa shape index (κ2) is 8.38. The van der Waals surface area contributed by atoms with Gasteiger partial charge in [0, 0.05) is 5.02 Å². The van der Waals surface area contributed by atoms with E-state index in [0.717, 1.165) is 22.4 Å². The second-order valence-corrected chi connectivity index (χ2v) is 7.21. The molecule has 0 saturated carbocycles. The summed E-state index contributed by atoms with van der Waals surface area (Å²) in [5.41, 5.74) is 3.96. The van der Waals surface area contributed by atoms with Crippen LogP contribution in [0.1, 0.15) is 16.7 Å². The Bertz CT molecular complexity index is 927. The van der Waals surface area contributed by atoms with Crippen molar-refractivity contribution < 1.29 is 9.53 Å². The first kappa shape index (κ1) is 18.5. The SMILES string of the molecule is Cc1cccc(COC(=O)CSc2nncn2-c2ccc(C)c(Cl)c2)c1. The highest BCUT2D eigenvalue weighted by molar-refractivity contribution is 7.99. The van der Waals surface area contributed by atoms with E-state index in [1.54, 1.807) is 10.9 Å². The number of hydrogen-bond acceptors (Lipinski definition) is 5. The molecule has 0 atom stereocenters. The molecule has 0 saturated heterocycles. The maximum Gasteiger partial charge on any atom is 0.316 e. The minimum Gasteiger partial charge on any atom is -0.460 e. The minimum absolute atomic E-state index is 0.157. The highest BCUT2D eigenvalue weighted by Gasteiger charge is 2.12. The Hall–Kier alpha value is -2.31. The van der Waals surface area contributed by atoms with E-state index in [-0.39, 0.29) is 18.3 Å². The third-order valence-corrected chi connectivity index (χ3v) is 5.08. The van der Waals surface area contributed by atoms with E-state index in [1.165, 1.54) is 11.8 Å². The lowest BCUT2D eigenvalue weighted by molar-refractivity contribution is -0.141. The number of thioether (sulfide) groups is 1. The Labute approximate surface area is 161 Å². The molecule has 0 aliphatic heterocycles. The standard InChI is InChI=1S/C19H18ClN3O2S/c1-13-4-3-5-15(8-13)10-25-18(24)11-26-19-22-21-12-23(19)16-7-6-14(2)17(20)9-16/h3-9,12H,10-11H2,1-2H3. The molecule has 7 heteroatoms. The average Bonchev–Trinajstić information content (AvgIpc) is 3.09. The summed E-state index contributed by atoms with van der Waals surface area (Å²) in [4.78, 5) is 12.0. The third-order valence-electron chi connectivity index (χ3n) is 3.75. The lowest BCUT2D eigenvalue weighted by Crippen LogP contribution is -2.08. The topological polar surface area (TPSA) is 57.0 Å². The van der Waals surface area contributed by atoms with Crippen molar-refractivity contribution in [3.63, 3.8) is 0 Å². The first-order valence-corrected chi connectivity index (χ1v) is 9.40. The predicted octanol–water partition coefficient (Wildman–Crippen LogP) is 4.37. The van der Waals surface area contributed by atoms with Gasteiger partial charge in [-0.1, -0.05) is 59.3 Å². The summed E-state index contributed by atoms with van der Waals surface area (Å²) in [6.45, 7) is 4.21. The van der Waals surface area contributed by atoms with E-state index >= 15 is 0 Å². The molecule has 3 rings (SSSR count). The normalized spacial score (nSPS) is 10.7. The van der Waals surface area contributed by atoms with Crippen LogP contribution in [0.3, 0.4) is 0 Å². The molecule has 3 aromatic rings. The lowest BCUT2D eigenvalue weighted by atomic mass is 10.1. The fourth-order valence-corrected chi connectivity index (χ4v) is 3.26. The molecular formula is C19H18ClN3O2S. The summed E-state index contributed by atoms with van der Waals surface area (Å²) < 4.78 is 7.12. The molecule has 134 valence electrons. The molecular weight excluding hydrogens is 370 g/mol. The van der Waals surface area contributed by atoms with Gasteiger partial charge in [0.15, 0.2) is 5.16 Å². The van der Waals surface area contributed by atoms with Crippen molar-refractivity contribution in [2.45, 2.75) is 25.6 Å². The van der Waals surface area contributed by atoms with Gasteiger partial charge in [0.25, 0.3) is 0 Å². The summed E-state index contributed by atoms with van der Waals surface area (Å²) in [6, 6.07) is 13.6. The van der Waals surface area contributed by atoms with Crippen molar-refractivity contribution >= 4 is 29.3 Å². The number of carbonyl (C=O) groups is 1. The van der Waals surface area contributed by atoms with Crippen molar-refractivity contribution in [3.8, 4) is 5.69 Å². The number of aromatic nitrogens is 3. The van der Waals surface area contributed by atoms with Gasteiger partial charge in [0.1, 0.15) is 12.9 Å². The lowest BCUT2D eigenvalue weighted by Gasteiger charge is -2.08. The molecule has 5 nitrogen and oxygen atoms in total. The van der Waals surface area contributed by atoms with Gasteiger partial charge in [-0.3, -0.25) is 9.36 Å². The molecule has 2 aromatic carbocycles. The van der Waals surface area contributed by atoms with Gasteiger partial charge < -0.3 is 4.74 Å². The number of esters is 1. The maximum atomic E-state index is 12.0. The summed E-state index contributed by atoms with van der Waals surface area (Å²) >= 11 is 7.46. The van der Waals surface area contributed by atoms with Crippen LogP contribution in [0.15, 0.2) is 53.9 Å². The predicted molar refractivity (Wildman–Crippen MR) is 103 cm³/mol. The molecule has 1 heterocycles. The van der Waals surface area contributed by atoms with Gasteiger partial charge in [-0.2, -0.15) is 0 Å². The smallest absolute Gasteiger partial charge is 0.316 e. The van der Waals surface area contributed by atoms with Gasteiger partial charge >= 0.3 is 5.97 Å². The molecule has 0 radical (unpaired) electrons. The molecule has 0 N–H and O–H groups in total. The van der Waals surface area contributed by atoms with Crippen molar-refractivity contribution in [1.29, 1.82) is 0 Å². The zero-order valence-electron chi connectivity index (χ0n) is 14.5. The number of hydrogen-bond donors (Lipinski definition) is 0. The quantitative estimate of drug-likeness (QED) is 0.464. The average molecular weight is 388 g/mol. The van der Waals surface area contributed by atoms with Crippen LogP contribution in [0.4, 0.5) is 0 Å². The van der Waals surface area contributed by atoms with Crippen LogP contribution in [0.5, 0.6) is 0 Å². The Morgan fingerprint density at radius 1 is 1.23 bits per heavy atom. The van der Waals surface area contributed by atoms with Crippen molar-refractivity contribution in [2.75, 3.05) is 5.75 Å². The molecule has 1 aromatic heterocycles. The molecule has 0 unspecified atom stereocenters. The van der Waals surface area contributed by atoms with Gasteiger partial charge in [-0.25, -0.2) is 0 Å². The van der Waals surface area contributed by atoms with Crippen molar-refractivity contribution in [2.24, 2.45) is 0 Å². The Balaban J connectivity index is 1.59. The van der Waals surface area contributed by atoms with Crippen molar-refractivity contribution in [3.05, 3.63) is 70.5 Å². The van der Waals surface area contributed by atoms with E-state index in [0.29, 0.717) is 10.2 Å². The fourth-order valence-electron chi connectivity index (χ4n) is 2.36. The second-order valence-electron chi connectivity index (χ2n) is 5.86. The largest absolute Gasteiger partial charge is 0.460 e. The van der Waals surface area contributed by atoms with Crippen LogP contribution in [0.2, 0.25) is 5.02 Å². The van der Waals surface area contributed by atoms with E-state index in [2.05, 4.69) is 10.2 Å². The van der Waals surface area contributed by atoms with E-state index < -0.39 is 0 Å². The van der Waals surface area contributed by atoms with Gasteiger partial charge in [0.05, 0.1) is 11.4 Å². The van der Waals surface area contributed by atoms with Crippen LogP contribution in [0.25, 0.3) is 5.69 Å².